The Kier molecular flexibility index (Phi) is 6.80. The van der Waals surface area contributed by atoms with E-state index in [1.54, 1.807) is 36.4 Å². The lowest BCUT2D eigenvalue weighted by molar-refractivity contribution is 0.363. The Balaban J connectivity index is 1.89. The van der Waals surface area contributed by atoms with Crippen LogP contribution in [0.4, 0.5) is 8.78 Å². The maximum absolute atomic E-state index is 14.8. The van der Waals surface area contributed by atoms with E-state index in [0.717, 1.165) is 31.2 Å². The molecule has 28 heavy (non-hydrogen) atoms. The Morgan fingerprint density at radius 3 is 2.43 bits per heavy atom. The molecule has 0 spiro atoms. The Morgan fingerprint density at radius 1 is 0.929 bits per heavy atom. The van der Waals surface area contributed by atoms with E-state index >= 15 is 0 Å². The van der Waals surface area contributed by atoms with Gasteiger partial charge in [0.05, 0.1) is 0 Å². The third-order valence-corrected chi connectivity index (χ3v) is 4.90. The lowest BCUT2D eigenvalue weighted by Gasteiger charge is -2.11. The number of ether oxygens (including phenoxy) is 1. The van der Waals surface area contributed by atoms with Crippen molar-refractivity contribution in [1.82, 2.24) is 0 Å². The zero-order valence-electron chi connectivity index (χ0n) is 16.5. The number of halogens is 2. The fourth-order valence-electron chi connectivity index (χ4n) is 3.29. The van der Waals surface area contributed by atoms with Crippen LogP contribution in [0.25, 0.3) is 21.9 Å². The molecule has 0 aliphatic rings. The lowest BCUT2D eigenvalue weighted by Crippen LogP contribution is -1.95. The number of unbranched alkanes of at least 4 members (excludes halogenated alkanes) is 2. The average molecular weight is 380 g/mol. The van der Waals surface area contributed by atoms with Gasteiger partial charge in [-0.15, -0.1) is 0 Å². The van der Waals surface area contributed by atoms with E-state index < -0.39 is 11.6 Å². The van der Waals surface area contributed by atoms with Gasteiger partial charge < -0.3 is 4.74 Å². The largest absolute Gasteiger partial charge is 0.490 e. The molecule has 146 valence electrons. The molecule has 0 saturated carbocycles. The molecule has 0 aliphatic carbocycles. The molecular formula is C25H26F2O. The van der Waals surface area contributed by atoms with Crippen LogP contribution >= 0.6 is 0 Å². The minimum Gasteiger partial charge on any atom is -0.490 e. The van der Waals surface area contributed by atoms with E-state index in [1.165, 1.54) is 0 Å². The SMILES string of the molecule is CC=CCOc1ccc(-c2cc3ccc(CCCCC)cc3c(F)c2F)cc1. The highest BCUT2D eigenvalue weighted by Gasteiger charge is 2.15. The zero-order valence-corrected chi connectivity index (χ0v) is 16.5. The third-order valence-electron chi connectivity index (χ3n) is 4.90. The van der Waals surface area contributed by atoms with E-state index in [1.807, 2.05) is 31.2 Å². The van der Waals surface area contributed by atoms with Crippen LogP contribution in [-0.4, -0.2) is 6.61 Å². The van der Waals surface area contributed by atoms with Crippen molar-refractivity contribution in [3.63, 3.8) is 0 Å². The number of rotatable bonds is 8. The quantitative estimate of drug-likeness (QED) is 0.291. The minimum absolute atomic E-state index is 0.267. The van der Waals surface area contributed by atoms with Gasteiger partial charge in [-0.2, -0.15) is 0 Å². The first-order valence-electron chi connectivity index (χ1n) is 9.89. The van der Waals surface area contributed by atoms with Gasteiger partial charge in [-0.3, -0.25) is 0 Å². The number of fused-ring (bicyclic) bond motifs is 1. The molecular weight excluding hydrogens is 354 g/mol. The van der Waals surface area contributed by atoms with Crippen LogP contribution in [0.5, 0.6) is 5.75 Å². The summed E-state index contributed by atoms with van der Waals surface area (Å²) in [5, 5.41) is 1.06. The smallest absolute Gasteiger partial charge is 0.167 e. The van der Waals surface area contributed by atoms with E-state index in [-0.39, 0.29) is 5.56 Å². The van der Waals surface area contributed by atoms with Gasteiger partial charge in [-0.05, 0) is 60.5 Å². The monoisotopic (exact) mass is 380 g/mol. The molecule has 0 saturated heterocycles. The van der Waals surface area contributed by atoms with Crippen LogP contribution in [0.3, 0.4) is 0 Å². The third kappa shape index (κ3) is 4.59. The van der Waals surface area contributed by atoms with Gasteiger partial charge in [-0.25, -0.2) is 8.78 Å². The second-order valence-corrected chi connectivity index (χ2v) is 6.97. The van der Waals surface area contributed by atoms with Crippen molar-refractivity contribution in [2.45, 2.75) is 39.5 Å². The minimum atomic E-state index is -0.805. The molecule has 0 unspecified atom stereocenters. The highest BCUT2D eigenvalue weighted by Crippen LogP contribution is 2.32. The topological polar surface area (TPSA) is 9.23 Å². The van der Waals surface area contributed by atoms with Crippen LogP contribution in [0.1, 0.15) is 38.7 Å². The van der Waals surface area contributed by atoms with E-state index in [4.69, 9.17) is 4.74 Å². The second kappa shape index (κ2) is 9.50. The second-order valence-electron chi connectivity index (χ2n) is 6.97. The maximum atomic E-state index is 14.8. The van der Waals surface area contributed by atoms with Gasteiger partial charge in [0.2, 0.25) is 0 Å². The lowest BCUT2D eigenvalue weighted by atomic mass is 9.97. The van der Waals surface area contributed by atoms with Crippen molar-refractivity contribution in [2.75, 3.05) is 6.61 Å². The van der Waals surface area contributed by atoms with Gasteiger partial charge in [0.1, 0.15) is 12.4 Å². The van der Waals surface area contributed by atoms with Crippen LogP contribution in [-0.2, 0) is 6.42 Å². The highest BCUT2D eigenvalue weighted by molar-refractivity contribution is 5.89. The van der Waals surface area contributed by atoms with Crippen molar-refractivity contribution in [1.29, 1.82) is 0 Å². The summed E-state index contributed by atoms with van der Waals surface area (Å²) in [6.45, 7) is 4.56. The number of benzene rings is 3. The standard InChI is InChI=1S/C25H26F2O/c1-3-5-7-8-18-9-10-20-17-23(25(27)24(26)22(20)16-18)19-11-13-21(14-12-19)28-15-6-4-2/h4,6,9-14,16-17H,3,5,7-8,15H2,1-2H3. The van der Waals surface area contributed by atoms with Crippen LogP contribution in [0.2, 0.25) is 0 Å². The fraction of sp³-hybridized carbons (Fsp3) is 0.280. The molecule has 0 radical (unpaired) electrons. The summed E-state index contributed by atoms with van der Waals surface area (Å²) in [6, 6.07) is 14.5. The molecule has 0 fully saturated rings. The summed E-state index contributed by atoms with van der Waals surface area (Å²) >= 11 is 0. The number of hydrogen-bond acceptors (Lipinski definition) is 1. The number of allylic oxidation sites excluding steroid dienone is 1. The van der Waals surface area contributed by atoms with Gasteiger partial charge in [0.15, 0.2) is 11.6 Å². The molecule has 0 aliphatic heterocycles. The Morgan fingerprint density at radius 2 is 1.71 bits per heavy atom. The molecule has 0 bridgehead atoms. The summed E-state index contributed by atoms with van der Waals surface area (Å²) in [7, 11) is 0. The van der Waals surface area contributed by atoms with Crippen LogP contribution in [0, 0.1) is 11.6 Å². The molecule has 0 aromatic heterocycles. The van der Waals surface area contributed by atoms with Gasteiger partial charge in [0.25, 0.3) is 0 Å². The fourth-order valence-corrected chi connectivity index (χ4v) is 3.29. The Labute approximate surface area is 165 Å². The molecule has 0 atom stereocenters. The van der Waals surface area contributed by atoms with Gasteiger partial charge in [0, 0.05) is 10.9 Å². The summed E-state index contributed by atoms with van der Waals surface area (Å²) in [6.07, 6.45) is 8.05. The van der Waals surface area contributed by atoms with Crippen molar-refractivity contribution < 1.29 is 13.5 Å². The summed E-state index contributed by atoms with van der Waals surface area (Å²) in [5.41, 5.74) is 1.95. The first-order chi connectivity index (χ1) is 13.6. The molecule has 0 amide bonds. The summed E-state index contributed by atoms with van der Waals surface area (Å²) < 4.78 is 35.1. The normalized spacial score (nSPS) is 11.4. The van der Waals surface area contributed by atoms with Crippen molar-refractivity contribution in [2.24, 2.45) is 0 Å². The van der Waals surface area contributed by atoms with Gasteiger partial charge in [-0.1, -0.05) is 56.2 Å². The molecule has 3 heteroatoms. The highest BCUT2D eigenvalue weighted by atomic mass is 19.2. The zero-order chi connectivity index (χ0) is 19.9. The molecule has 0 N–H and O–H groups in total. The summed E-state index contributed by atoms with van der Waals surface area (Å²) in [4.78, 5) is 0. The van der Waals surface area contributed by atoms with E-state index in [0.29, 0.717) is 28.7 Å². The first kappa shape index (κ1) is 20.1. The first-order valence-corrected chi connectivity index (χ1v) is 9.89. The van der Waals surface area contributed by atoms with Crippen LogP contribution in [0.15, 0.2) is 60.7 Å². The molecule has 3 aromatic rings. The predicted molar refractivity (Wildman–Crippen MR) is 113 cm³/mol. The molecule has 0 heterocycles. The number of aryl methyl sites for hydroxylation is 1. The summed E-state index contributed by atoms with van der Waals surface area (Å²) in [5.74, 6) is -0.890. The average Bonchev–Trinajstić information content (AvgIpc) is 2.72. The molecule has 1 nitrogen and oxygen atoms in total. The Bertz CT molecular complexity index is 958. The Hall–Kier alpha value is -2.68. The maximum Gasteiger partial charge on any atom is 0.167 e. The van der Waals surface area contributed by atoms with E-state index in [9.17, 15) is 8.78 Å². The van der Waals surface area contributed by atoms with Crippen molar-refractivity contribution in [3.05, 3.63) is 77.9 Å². The molecule has 3 rings (SSSR count). The van der Waals surface area contributed by atoms with Crippen LogP contribution < -0.4 is 4.74 Å². The molecule has 3 aromatic carbocycles. The van der Waals surface area contributed by atoms with Crippen molar-refractivity contribution in [3.8, 4) is 16.9 Å². The predicted octanol–water partition coefficient (Wildman–Crippen LogP) is 7.47. The van der Waals surface area contributed by atoms with Gasteiger partial charge >= 0.3 is 0 Å². The van der Waals surface area contributed by atoms with E-state index in [2.05, 4.69) is 6.92 Å². The van der Waals surface area contributed by atoms with Crippen molar-refractivity contribution >= 4 is 10.8 Å². The number of hydrogen-bond donors (Lipinski definition) is 0.